The molecule has 0 aliphatic rings. The highest BCUT2D eigenvalue weighted by Gasteiger charge is 2.12. The predicted octanol–water partition coefficient (Wildman–Crippen LogP) is 5.10. The van der Waals surface area contributed by atoms with E-state index in [0.29, 0.717) is 5.02 Å². The van der Waals surface area contributed by atoms with E-state index < -0.39 is 0 Å². The van der Waals surface area contributed by atoms with E-state index in [-0.39, 0.29) is 11.9 Å². The molecule has 3 heteroatoms. The van der Waals surface area contributed by atoms with Gasteiger partial charge in [0.1, 0.15) is 5.82 Å². The summed E-state index contributed by atoms with van der Waals surface area (Å²) in [5.41, 5.74) is 0.996. The molecule has 1 unspecified atom stereocenters. The van der Waals surface area contributed by atoms with Crippen LogP contribution in [0.25, 0.3) is 0 Å². The topological polar surface area (TPSA) is 12.0 Å². The first kappa shape index (κ1) is 15.5. The summed E-state index contributed by atoms with van der Waals surface area (Å²) < 4.78 is 13.0. The van der Waals surface area contributed by atoms with Gasteiger partial charge in [0, 0.05) is 11.1 Å². The van der Waals surface area contributed by atoms with Gasteiger partial charge in [-0.25, -0.2) is 4.39 Å². The van der Waals surface area contributed by atoms with Crippen molar-refractivity contribution in [2.75, 3.05) is 7.05 Å². The van der Waals surface area contributed by atoms with Crippen molar-refractivity contribution in [2.24, 2.45) is 0 Å². The lowest BCUT2D eigenvalue weighted by atomic mass is 10.00. The Morgan fingerprint density at radius 2 is 1.94 bits per heavy atom. The van der Waals surface area contributed by atoms with E-state index >= 15 is 0 Å². The number of benzene rings is 1. The molecule has 1 aromatic carbocycles. The third-order valence-corrected chi connectivity index (χ3v) is 3.61. The van der Waals surface area contributed by atoms with E-state index in [0.717, 1.165) is 12.0 Å². The van der Waals surface area contributed by atoms with Crippen molar-refractivity contribution in [3.8, 4) is 0 Å². The zero-order valence-corrected chi connectivity index (χ0v) is 12.1. The molecule has 0 fully saturated rings. The monoisotopic (exact) mass is 271 g/mol. The Hall–Kier alpha value is -0.600. The summed E-state index contributed by atoms with van der Waals surface area (Å²) in [7, 11) is 1.93. The highest BCUT2D eigenvalue weighted by molar-refractivity contribution is 6.31. The maximum Gasteiger partial charge on any atom is 0.124 e. The van der Waals surface area contributed by atoms with Gasteiger partial charge >= 0.3 is 0 Å². The molecule has 1 aromatic rings. The van der Waals surface area contributed by atoms with Gasteiger partial charge in [0.2, 0.25) is 0 Å². The molecule has 0 heterocycles. The first-order valence-electron chi connectivity index (χ1n) is 6.81. The molecule has 1 atom stereocenters. The van der Waals surface area contributed by atoms with Crippen LogP contribution in [0.15, 0.2) is 18.2 Å². The second-order valence-corrected chi connectivity index (χ2v) is 5.12. The van der Waals surface area contributed by atoms with Gasteiger partial charge < -0.3 is 5.32 Å². The molecule has 0 aliphatic heterocycles. The molecule has 18 heavy (non-hydrogen) atoms. The Labute approximate surface area is 115 Å². The summed E-state index contributed by atoms with van der Waals surface area (Å²) in [5, 5.41) is 3.78. The summed E-state index contributed by atoms with van der Waals surface area (Å²) in [6.45, 7) is 2.22. The largest absolute Gasteiger partial charge is 0.313 e. The number of hydrogen-bond donors (Lipinski definition) is 1. The summed E-state index contributed by atoms with van der Waals surface area (Å²) in [4.78, 5) is 0. The summed E-state index contributed by atoms with van der Waals surface area (Å²) in [5.74, 6) is -0.276. The predicted molar refractivity (Wildman–Crippen MR) is 76.6 cm³/mol. The Balaban J connectivity index is 2.49. The molecule has 0 saturated carbocycles. The molecule has 1 rings (SSSR count). The third kappa shape index (κ3) is 4.95. The lowest BCUT2D eigenvalue weighted by Crippen LogP contribution is -2.16. The van der Waals surface area contributed by atoms with Crippen molar-refractivity contribution in [3.63, 3.8) is 0 Å². The maximum atomic E-state index is 13.0. The summed E-state index contributed by atoms with van der Waals surface area (Å²) in [6, 6.07) is 4.87. The minimum absolute atomic E-state index is 0.222. The van der Waals surface area contributed by atoms with Crippen molar-refractivity contribution in [2.45, 2.75) is 51.5 Å². The average Bonchev–Trinajstić information content (AvgIpc) is 2.35. The standard InChI is InChI=1S/C15H23ClFN/c1-3-4-5-6-7-8-15(18-2)13-10-9-12(17)11-14(13)16/h9-11,15,18H,3-8H2,1-2H3. The van der Waals surface area contributed by atoms with Crippen LogP contribution in [-0.2, 0) is 0 Å². The maximum absolute atomic E-state index is 13.0. The van der Waals surface area contributed by atoms with Gasteiger partial charge in [-0.3, -0.25) is 0 Å². The fourth-order valence-electron chi connectivity index (χ4n) is 2.19. The van der Waals surface area contributed by atoms with E-state index in [1.165, 1.54) is 44.2 Å². The average molecular weight is 272 g/mol. The van der Waals surface area contributed by atoms with Crippen LogP contribution in [-0.4, -0.2) is 7.05 Å². The second-order valence-electron chi connectivity index (χ2n) is 4.71. The fraction of sp³-hybridized carbons (Fsp3) is 0.600. The molecule has 0 amide bonds. The van der Waals surface area contributed by atoms with Crippen LogP contribution in [0, 0.1) is 5.82 Å². The smallest absolute Gasteiger partial charge is 0.124 e. The van der Waals surface area contributed by atoms with E-state index in [1.807, 2.05) is 7.05 Å². The van der Waals surface area contributed by atoms with Crippen LogP contribution in [0.1, 0.15) is 57.1 Å². The molecule has 0 radical (unpaired) electrons. The van der Waals surface area contributed by atoms with Gasteiger partial charge in [-0.15, -0.1) is 0 Å². The van der Waals surface area contributed by atoms with Crippen LogP contribution < -0.4 is 5.32 Å². The van der Waals surface area contributed by atoms with E-state index in [1.54, 1.807) is 6.07 Å². The zero-order chi connectivity index (χ0) is 13.4. The Morgan fingerprint density at radius 3 is 2.56 bits per heavy atom. The first-order valence-corrected chi connectivity index (χ1v) is 7.19. The van der Waals surface area contributed by atoms with Crippen LogP contribution in [0.4, 0.5) is 4.39 Å². The Kier molecular flexibility index (Phi) is 7.29. The Bertz CT molecular complexity index is 354. The van der Waals surface area contributed by atoms with Crippen molar-refractivity contribution < 1.29 is 4.39 Å². The number of rotatable bonds is 8. The highest BCUT2D eigenvalue weighted by Crippen LogP contribution is 2.27. The van der Waals surface area contributed by atoms with Gasteiger partial charge in [-0.1, -0.05) is 56.7 Å². The Morgan fingerprint density at radius 1 is 1.22 bits per heavy atom. The van der Waals surface area contributed by atoms with Gasteiger partial charge in [0.25, 0.3) is 0 Å². The van der Waals surface area contributed by atoms with Crippen molar-refractivity contribution in [1.82, 2.24) is 5.32 Å². The minimum Gasteiger partial charge on any atom is -0.313 e. The molecule has 0 aliphatic carbocycles. The van der Waals surface area contributed by atoms with Crippen LogP contribution >= 0.6 is 11.6 Å². The summed E-state index contributed by atoms with van der Waals surface area (Å²) in [6.07, 6.45) is 7.35. The second kappa shape index (κ2) is 8.49. The van der Waals surface area contributed by atoms with Crippen molar-refractivity contribution in [1.29, 1.82) is 0 Å². The third-order valence-electron chi connectivity index (χ3n) is 3.28. The van der Waals surface area contributed by atoms with Crippen molar-refractivity contribution in [3.05, 3.63) is 34.6 Å². The lowest BCUT2D eigenvalue weighted by molar-refractivity contribution is 0.500. The number of nitrogens with one attached hydrogen (secondary N) is 1. The minimum atomic E-state index is -0.276. The van der Waals surface area contributed by atoms with Crippen LogP contribution in [0.5, 0.6) is 0 Å². The highest BCUT2D eigenvalue weighted by atomic mass is 35.5. The molecular weight excluding hydrogens is 249 g/mol. The molecule has 0 spiro atoms. The number of halogens is 2. The van der Waals surface area contributed by atoms with E-state index in [9.17, 15) is 4.39 Å². The SMILES string of the molecule is CCCCCCCC(NC)c1ccc(F)cc1Cl. The quantitative estimate of drug-likeness (QED) is 0.649. The van der Waals surface area contributed by atoms with Crippen LogP contribution in [0.3, 0.4) is 0 Å². The lowest BCUT2D eigenvalue weighted by Gasteiger charge is -2.18. The number of unbranched alkanes of at least 4 members (excludes halogenated alkanes) is 4. The fourth-order valence-corrected chi connectivity index (χ4v) is 2.49. The van der Waals surface area contributed by atoms with Gasteiger partial charge in [0.05, 0.1) is 0 Å². The molecule has 0 aromatic heterocycles. The van der Waals surface area contributed by atoms with Gasteiger partial charge in [-0.05, 0) is 31.2 Å². The molecule has 1 N–H and O–H groups in total. The first-order chi connectivity index (χ1) is 8.69. The normalized spacial score (nSPS) is 12.7. The van der Waals surface area contributed by atoms with E-state index in [2.05, 4.69) is 12.2 Å². The number of hydrogen-bond acceptors (Lipinski definition) is 1. The van der Waals surface area contributed by atoms with Gasteiger partial charge in [0.15, 0.2) is 0 Å². The van der Waals surface area contributed by atoms with Crippen LogP contribution in [0.2, 0.25) is 5.02 Å². The molecule has 102 valence electrons. The molecule has 0 saturated heterocycles. The van der Waals surface area contributed by atoms with E-state index in [4.69, 9.17) is 11.6 Å². The summed E-state index contributed by atoms with van der Waals surface area (Å²) >= 11 is 6.09. The van der Waals surface area contributed by atoms with Crippen molar-refractivity contribution >= 4 is 11.6 Å². The zero-order valence-electron chi connectivity index (χ0n) is 11.3. The molecular formula is C15H23ClFN. The molecule has 1 nitrogen and oxygen atoms in total. The van der Waals surface area contributed by atoms with Gasteiger partial charge in [-0.2, -0.15) is 0 Å². The molecule has 0 bridgehead atoms.